The predicted molar refractivity (Wildman–Crippen MR) is 144 cm³/mol. The number of nitrogens with two attached hydrogens (primary N) is 1. The summed E-state index contributed by atoms with van der Waals surface area (Å²) in [5, 5.41) is 14.5. The number of quaternary nitrogens is 1. The number of anilines is 1. The van der Waals surface area contributed by atoms with E-state index in [4.69, 9.17) is 10.1 Å². The van der Waals surface area contributed by atoms with E-state index < -0.39 is 23.8 Å². The third-order valence-electron chi connectivity index (χ3n) is 6.44. The Bertz CT molecular complexity index is 1220. The van der Waals surface area contributed by atoms with E-state index in [0.717, 1.165) is 21.3 Å². The first kappa shape index (κ1) is 28.1. The molecule has 1 aliphatic heterocycles. The van der Waals surface area contributed by atoms with Gasteiger partial charge in [-0.2, -0.15) is 0 Å². The van der Waals surface area contributed by atoms with Crippen LogP contribution in [0, 0.1) is 11.3 Å². The molecule has 0 saturated heterocycles. The molecule has 1 saturated carbocycles. The lowest BCUT2D eigenvalue weighted by Crippen LogP contribution is -2.73. The largest absolute Gasteiger partial charge is 0.474 e. The van der Waals surface area contributed by atoms with Crippen LogP contribution in [0.25, 0.3) is 0 Å². The third-order valence-corrected chi connectivity index (χ3v) is 7.94. The molecule has 2 amide bonds. The molecular weight excluding hydrogens is 582 g/mol. The van der Waals surface area contributed by atoms with E-state index >= 15 is 0 Å². The summed E-state index contributed by atoms with van der Waals surface area (Å²) in [5.74, 6) is -3.57. The molecule has 2 aromatic heterocycles. The first-order valence-corrected chi connectivity index (χ1v) is 13.9. The summed E-state index contributed by atoms with van der Waals surface area (Å²) < 4.78 is 34.1. The molecule has 3 heterocycles. The highest BCUT2D eigenvalue weighted by Crippen LogP contribution is 2.41. The maximum absolute atomic E-state index is 13.8. The second kappa shape index (κ2) is 12.3. The minimum absolute atomic E-state index is 0.0962. The van der Waals surface area contributed by atoms with E-state index in [1.807, 2.05) is 12.1 Å². The number of fused-ring (bicyclic) bond motifs is 1. The van der Waals surface area contributed by atoms with Crippen molar-refractivity contribution in [2.45, 2.75) is 44.2 Å². The van der Waals surface area contributed by atoms with Crippen molar-refractivity contribution in [2.75, 3.05) is 25.1 Å². The van der Waals surface area contributed by atoms with Crippen molar-refractivity contribution in [3.8, 4) is 5.88 Å². The number of carbonyl (C=O) groups excluding carboxylic acids is 2. The van der Waals surface area contributed by atoms with Gasteiger partial charge in [-0.3, -0.25) is 9.59 Å². The smallest absolute Gasteiger partial charge is 0.262 e. The van der Waals surface area contributed by atoms with Crippen molar-refractivity contribution in [1.29, 1.82) is 5.41 Å². The molecule has 1 fully saturated rings. The second-order valence-corrected chi connectivity index (χ2v) is 11.4. The first-order chi connectivity index (χ1) is 18.2. The standard InChI is InChI=1S/C25H29BrF2N6O3S/c1-30-13-17(11-29)32-22(35)19(8-15-4-5-25(27,28)10-15)33-23(36)21-3-2-18(38-21)14-34-6-7-37-24-20(34)9-16(26)12-31-24/h2-3,9,11-13,15,19,29-30H,4-8,10,14H2,1H3,(H,32,35)(H,33,36)/p+1/b17-13+,29-11?/t15-,19-/m0/s1. The summed E-state index contributed by atoms with van der Waals surface area (Å²) in [6.45, 7) is 1.71. The van der Waals surface area contributed by atoms with E-state index in [1.165, 1.54) is 11.3 Å². The van der Waals surface area contributed by atoms with E-state index in [-0.39, 0.29) is 37.3 Å². The number of carbonyl (C=O) groups is 2. The lowest BCUT2D eigenvalue weighted by atomic mass is 9.97. The highest BCUT2D eigenvalue weighted by atomic mass is 79.9. The van der Waals surface area contributed by atoms with Crippen LogP contribution in [0.2, 0.25) is 0 Å². The fraction of sp³-hybridized carbons (Fsp3) is 0.440. The molecule has 38 heavy (non-hydrogen) atoms. The van der Waals surface area contributed by atoms with E-state index in [9.17, 15) is 18.4 Å². The van der Waals surface area contributed by atoms with Crippen molar-refractivity contribution in [3.05, 3.63) is 50.5 Å². The number of alkyl halides is 2. The van der Waals surface area contributed by atoms with Crippen LogP contribution in [-0.4, -0.2) is 55.2 Å². The summed E-state index contributed by atoms with van der Waals surface area (Å²) in [6, 6.07) is 4.48. The van der Waals surface area contributed by atoms with Gasteiger partial charge in [-0.1, -0.05) is 0 Å². The molecule has 0 spiro atoms. The molecule has 0 radical (unpaired) electrons. The number of halogens is 3. The van der Waals surface area contributed by atoms with Gasteiger partial charge in [0, 0.05) is 34.6 Å². The van der Waals surface area contributed by atoms with Gasteiger partial charge in [0.15, 0.2) is 0 Å². The Hall–Kier alpha value is -2.90. The lowest BCUT2D eigenvalue weighted by Gasteiger charge is -2.30. The van der Waals surface area contributed by atoms with Crippen LogP contribution in [0.5, 0.6) is 5.88 Å². The van der Waals surface area contributed by atoms with Gasteiger partial charge < -0.3 is 31.0 Å². The topological polar surface area (TPSA) is 124 Å². The van der Waals surface area contributed by atoms with Crippen molar-refractivity contribution < 1.29 is 28.4 Å². The van der Waals surface area contributed by atoms with Crippen molar-refractivity contribution in [1.82, 2.24) is 15.6 Å². The van der Waals surface area contributed by atoms with Gasteiger partial charge in [-0.05, 0) is 52.9 Å². The van der Waals surface area contributed by atoms with Gasteiger partial charge >= 0.3 is 0 Å². The Labute approximate surface area is 231 Å². The third kappa shape index (κ3) is 7.14. The zero-order valence-corrected chi connectivity index (χ0v) is 23.2. The van der Waals surface area contributed by atoms with Crippen LogP contribution >= 0.6 is 27.3 Å². The van der Waals surface area contributed by atoms with Crippen LogP contribution in [0.3, 0.4) is 0 Å². The number of nitrogens with zero attached hydrogens (tertiary/aromatic N) is 2. The minimum atomic E-state index is -2.75. The Balaban J connectivity index is 1.45. The number of hydrogen-bond acceptors (Lipinski definition) is 7. The number of pyridine rings is 1. The number of allylic oxidation sites excluding steroid dienone is 1. The van der Waals surface area contributed by atoms with E-state index in [1.54, 1.807) is 30.8 Å². The highest BCUT2D eigenvalue weighted by molar-refractivity contribution is 9.10. The van der Waals surface area contributed by atoms with E-state index in [0.29, 0.717) is 30.5 Å². The van der Waals surface area contributed by atoms with Gasteiger partial charge in [0.2, 0.25) is 17.7 Å². The number of amides is 2. The fourth-order valence-corrected chi connectivity index (χ4v) is 5.88. The maximum Gasteiger partial charge on any atom is 0.262 e. The minimum Gasteiger partial charge on any atom is -0.474 e. The summed E-state index contributed by atoms with van der Waals surface area (Å²) in [6.07, 6.45) is 4.08. The Morgan fingerprint density at radius 1 is 1.45 bits per heavy atom. The predicted octanol–water partition coefficient (Wildman–Crippen LogP) is 3.03. The number of hydrogen-bond donors (Lipinski definition) is 4. The van der Waals surface area contributed by atoms with Crippen molar-refractivity contribution in [3.63, 3.8) is 0 Å². The molecule has 2 aliphatic rings. The summed E-state index contributed by atoms with van der Waals surface area (Å²) >= 11 is 4.74. The fourth-order valence-electron chi connectivity index (χ4n) is 4.64. The number of thiophene rings is 1. The maximum atomic E-state index is 13.8. The van der Waals surface area contributed by atoms with Crippen LogP contribution in [-0.2, 0) is 11.3 Å². The monoisotopic (exact) mass is 611 g/mol. The molecule has 1 aliphatic carbocycles. The van der Waals surface area contributed by atoms with Crippen LogP contribution < -0.4 is 25.6 Å². The molecule has 9 nitrogen and oxygen atoms in total. The van der Waals surface area contributed by atoms with Gasteiger partial charge in [0.05, 0.1) is 25.0 Å². The molecular formula is C25H30BrF2N6O3S+. The Kier molecular flexibility index (Phi) is 9.11. The summed E-state index contributed by atoms with van der Waals surface area (Å²) in [5.41, 5.74) is 1.10. The van der Waals surface area contributed by atoms with E-state index in [2.05, 4.69) is 36.4 Å². The summed E-state index contributed by atoms with van der Waals surface area (Å²) in [4.78, 5) is 33.9. The Morgan fingerprint density at radius 3 is 2.97 bits per heavy atom. The number of rotatable bonds is 10. The number of aromatic nitrogens is 1. The lowest BCUT2D eigenvalue weighted by molar-refractivity contribution is -0.557. The van der Waals surface area contributed by atoms with Crippen molar-refractivity contribution >= 4 is 51.0 Å². The molecule has 0 bridgehead atoms. The van der Waals surface area contributed by atoms with Gasteiger partial charge in [-0.15, -0.1) is 11.3 Å². The second-order valence-electron chi connectivity index (χ2n) is 9.33. The van der Waals surface area contributed by atoms with Gasteiger partial charge in [-0.25, -0.2) is 13.8 Å². The quantitative estimate of drug-likeness (QED) is 0.307. The zero-order chi connectivity index (χ0) is 27.3. The van der Waals surface area contributed by atoms with Crippen LogP contribution in [0.1, 0.15) is 40.2 Å². The number of ether oxygens (including phenoxy) is 1. The number of nitrogens with one attached hydrogen (secondary N) is 3. The molecule has 2 aromatic rings. The van der Waals surface area contributed by atoms with Crippen LogP contribution in [0.15, 0.2) is 40.8 Å². The molecule has 13 heteroatoms. The molecule has 4 rings (SSSR count). The molecule has 5 N–H and O–H groups in total. The summed E-state index contributed by atoms with van der Waals surface area (Å²) in [7, 11) is 1.74. The normalized spacial score (nSPS) is 19.3. The average Bonchev–Trinajstić information content (AvgIpc) is 3.49. The van der Waals surface area contributed by atoms with Crippen LogP contribution in [0.4, 0.5) is 14.5 Å². The average molecular weight is 613 g/mol. The van der Waals surface area contributed by atoms with Gasteiger partial charge in [0.1, 0.15) is 30.2 Å². The SMILES string of the molecule is C[NH2+]/C=C(\C=N)NC(=O)[C@H](C[C@@H]1CCC(F)(F)C1)NC(=O)c1ccc(CN2CCOc3ncc(Br)cc32)s1. The molecule has 204 valence electrons. The van der Waals surface area contributed by atoms with Gasteiger partial charge in [0.25, 0.3) is 5.91 Å². The molecule has 0 unspecified atom stereocenters. The first-order valence-electron chi connectivity index (χ1n) is 12.3. The molecule has 2 atom stereocenters. The Morgan fingerprint density at radius 2 is 2.26 bits per heavy atom. The molecule has 0 aromatic carbocycles. The van der Waals surface area contributed by atoms with Crippen molar-refractivity contribution in [2.24, 2.45) is 5.92 Å². The highest BCUT2D eigenvalue weighted by Gasteiger charge is 2.41. The zero-order valence-electron chi connectivity index (χ0n) is 20.8.